The zero-order valence-electron chi connectivity index (χ0n) is 16.2. The van der Waals surface area contributed by atoms with Gasteiger partial charge in [-0.3, -0.25) is 9.59 Å². The smallest absolute Gasteiger partial charge is 0.326 e. The van der Waals surface area contributed by atoms with E-state index in [-0.39, 0.29) is 18.2 Å². The lowest BCUT2D eigenvalue weighted by molar-refractivity contribution is -0.151. The highest BCUT2D eigenvalue weighted by atomic mass is 16.4. The molecule has 2 amide bonds. The van der Waals surface area contributed by atoms with Crippen LogP contribution < -0.4 is 0 Å². The molecule has 1 saturated heterocycles. The van der Waals surface area contributed by atoms with Crippen LogP contribution in [0.15, 0.2) is 54.6 Å². The Morgan fingerprint density at radius 1 is 1.03 bits per heavy atom. The van der Waals surface area contributed by atoms with E-state index in [1.807, 2.05) is 48.5 Å². The summed E-state index contributed by atoms with van der Waals surface area (Å²) in [6.07, 6.45) is 2.33. The Morgan fingerprint density at radius 2 is 1.76 bits per heavy atom. The molecule has 0 radical (unpaired) electrons. The second-order valence-corrected chi connectivity index (χ2v) is 7.68. The summed E-state index contributed by atoms with van der Waals surface area (Å²) in [6.45, 7) is 0.795. The molecule has 2 aromatic carbocycles. The van der Waals surface area contributed by atoms with Crippen molar-refractivity contribution in [1.82, 2.24) is 9.80 Å². The van der Waals surface area contributed by atoms with Crippen LogP contribution in [0.2, 0.25) is 0 Å². The number of carbonyl (C=O) groups is 3. The number of carbonyl (C=O) groups excluding carboxylic acids is 2. The van der Waals surface area contributed by atoms with Gasteiger partial charge in [0.15, 0.2) is 0 Å². The first-order chi connectivity index (χ1) is 14.1. The molecule has 2 aliphatic rings. The minimum atomic E-state index is -1.01. The topological polar surface area (TPSA) is 77.9 Å². The normalized spacial score (nSPS) is 20.3. The van der Waals surface area contributed by atoms with Gasteiger partial charge >= 0.3 is 5.97 Å². The fourth-order valence-corrected chi connectivity index (χ4v) is 4.34. The molecule has 0 spiro atoms. The molecule has 29 heavy (non-hydrogen) atoms. The predicted octanol–water partition coefficient (Wildman–Crippen LogP) is 2.72. The number of likely N-dealkylation sites (tertiary alicyclic amines) is 1. The van der Waals surface area contributed by atoms with Crippen LogP contribution in [0, 0.1) is 0 Å². The summed E-state index contributed by atoms with van der Waals surface area (Å²) in [5, 5.41) is 9.87. The van der Waals surface area contributed by atoms with Gasteiger partial charge in [-0.2, -0.15) is 0 Å². The summed E-state index contributed by atoms with van der Waals surface area (Å²) in [5.41, 5.74) is 2.42. The van der Waals surface area contributed by atoms with Crippen LogP contribution in [-0.2, 0) is 22.6 Å². The molecule has 1 N–H and O–H groups in total. The number of nitrogens with zero attached hydrogens (tertiary/aromatic N) is 2. The molecule has 2 atom stereocenters. The first-order valence-corrected chi connectivity index (χ1v) is 10.0. The highest BCUT2D eigenvalue weighted by Gasteiger charge is 2.41. The number of amides is 2. The van der Waals surface area contributed by atoms with Crippen LogP contribution >= 0.6 is 0 Å². The highest BCUT2D eigenvalue weighted by molar-refractivity contribution is 6.01. The third-order valence-electron chi connectivity index (χ3n) is 5.85. The molecule has 1 unspecified atom stereocenters. The lowest BCUT2D eigenvalue weighted by Crippen LogP contribution is -2.53. The summed E-state index contributed by atoms with van der Waals surface area (Å²) < 4.78 is 0. The largest absolute Gasteiger partial charge is 0.480 e. The van der Waals surface area contributed by atoms with E-state index in [2.05, 4.69) is 0 Å². The van der Waals surface area contributed by atoms with Crippen molar-refractivity contribution < 1.29 is 19.5 Å². The van der Waals surface area contributed by atoms with Crippen LogP contribution in [0.5, 0.6) is 0 Å². The third-order valence-corrected chi connectivity index (χ3v) is 5.85. The maximum absolute atomic E-state index is 13.4. The number of benzene rings is 2. The molecule has 0 saturated carbocycles. The van der Waals surface area contributed by atoms with Gasteiger partial charge in [-0.1, -0.05) is 48.5 Å². The molecule has 2 aliphatic heterocycles. The average molecular weight is 392 g/mol. The SMILES string of the molecule is O=C(O)[C@@H](Cc1ccccc1)N1CCCCC(N2Cc3ccccc3C2=O)C1=O. The molecule has 6 heteroatoms. The van der Waals surface area contributed by atoms with Crippen molar-refractivity contribution in [3.8, 4) is 0 Å². The van der Waals surface area contributed by atoms with E-state index in [1.54, 1.807) is 11.0 Å². The second-order valence-electron chi connectivity index (χ2n) is 7.68. The van der Waals surface area contributed by atoms with Gasteiger partial charge in [0, 0.05) is 25.1 Å². The van der Waals surface area contributed by atoms with Crippen LogP contribution in [0.3, 0.4) is 0 Å². The standard InChI is InChI=1S/C23H24N2O4/c26-21-18-11-5-4-10-17(18)15-25(21)19-12-6-7-13-24(22(19)27)20(23(28)29)14-16-8-2-1-3-9-16/h1-5,8-11,19-20H,6-7,12-15H2,(H,28,29)/t19?,20-/m1/s1. The third kappa shape index (κ3) is 3.75. The maximum Gasteiger partial charge on any atom is 0.326 e. The first kappa shape index (κ1) is 19.2. The van der Waals surface area contributed by atoms with Crippen molar-refractivity contribution in [2.75, 3.05) is 6.54 Å². The number of carboxylic acids is 1. The molecule has 6 nitrogen and oxygen atoms in total. The summed E-state index contributed by atoms with van der Waals surface area (Å²) in [5.74, 6) is -1.42. The molecule has 0 aliphatic carbocycles. The summed E-state index contributed by atoms with van der Waals surface area (Å²) >= 11 is 0. The van der Waals surface area contributed by atoms with E-state index < -0.39 is 18.1 Å². The van der Waals surface area contributed by atoms with Crippen molar-refractivity contribution in [1.29, 1.82) is 0 Å². The number of carboxylic acid groups (broad SMARTS) is 1. The maximum atomic E-state index is 13.4. The van der Waals surface area contributed by atoms with E-state index in [4.69, 9.17) is 0 Å². The van der Waals surface area contributed by atoms with Crippen molar-refractivity contribution in [3.05, 3.63) is 71.3 Å². The zero-order valence-corrected chi connectivity index (χ0v) is 16.2. The first-order valence-electron chi connectivity index (χ1n) is 10.0. The van der Waals surface area contributed by atoms with Gasteiger partial charge in [0.05, 0.1) is 0 Å². The lowest BCUT2D eigenvalue weighted by Gasteiger charge is -2.33. The summed E-state index contributed by atoms with van der Waals surface area (Å²) in [7, 11) is 0. The lowest BCUT2D eigenvalue weighted by atomic mass is 10.0. The Morgan fingerprint density at radius 3 is 2.48 bits per heavy atom. The molecule has 0 bridgehead atoms. The van der Waals surface area contributed by atoms with E-state index in [9.17, 15) is 19.5 Å². The number of aliphatic carboxylic acids is 1. The predicted molar refractivity (Wildman–Crippen MR) is 107 cm³/mol. The fourth-order valence-electron chi connectivity index (χ4n) is 4.34. The number of fused-ring (bicyclic) bond motifs is 1. The van der Waals surface area contributed by atoms with Crippen LogP contribution in [0.4, 0.5) is 0 Å². The van der Waals surface area contributed by atoms with Gasteiger partial charge in [-0.05, 0) is 36.5 Å². The molecule has 0 aromatic heterocycles. The van der Waals surface area contributed by atoms with Gasteiger partial charge in [0.1, 0.15) is 12.1 Å². The van der Waals surface area contributed by atoms with Gasteiger partial charge in [-0.25, -0.2) is 4.79 Å². The van der Waals surface area contributed by atoms with Crippen molar-refractivity contribution in [2.24, 2.45) is 0 Å². The molecule has 4 rings (SSSR count). The minimum Gasteiger partial charge on any atom is -0.480 e. The molecule has 1 fully saturated rings. The van der Waals surface area contributed by atoms with E-state index in [0.29, 0.717) is 25.1 Å². The molecular weight excluding hydrogens is 368 g/mol. The Balaban J connectivity index is 1.59. The second kappa shape index (κ2) is 8.07. The van der Waals surface area contributed by atoms with Crippen molar-refractivity contribution in [3.63, 3.8) is 0 Å². The van der Waals surface area contributed by atoms with Crippen LogP contribution in [-0.4, -0.2) is 51.3 Å². The Hall–Kier alpha value is -3.15. The summed E-state index contributed by atoms with van der Waals surface area (Å²) in [6, 6.07) is 15.2. The van der Waals surface area contributed by atoms with Gasteiger partial charge in [0.2, 0.25) is 5.91 Å². The Kier molecular flexibility index (Phi) is 5.34. The number of hydrogen-bond acceptors (Lipinski definition) is 3. The monoisotopic (exact) mass is 392 g/mol. The van der Waals surface area contributed by atoms with Crippen molar-refractivity contribution in [2.45, 2.75) is 44.3 Å². The van der Waals surface area contributed by atoms with Crippen molar-refractivity contribution >= 4 is 17.8 Å². The number of rotatable bonds is 5. The molecule has 150 valence electrons. The van der Waals surface area contributed by atoms with Crippen LogP contribution in [0.25, 0.3) is 0 Å². The Labute approximate surface area is 169 Å². The molecular formula is C23H24N2O4. The zero-order chi connectivity index (χ0) is 20.4. The van der Waals surface area contributed by atoms with Gasteiger partial charge in [-0.15, -0.1) is 0 Å². The highest BCUT2D eigenvalue weighted by Crippen LogP contribution is 2.29. The van der Waals surface area contributed by atoms with E-state index in [1.165, 1.54) is 4.90 Å². The molecule has 2 aromatic rings. The van der Waals surface area contributed by atoms with E-state index in [0.717, 1.165) is 24.0 Å². The summed E-state index contributed by atoms with van der Waals surface area (Å²) in [4.78, 5) is 41.5. The quantitative estimate of drug-likeness (QED) is 0.849. The van der Waals surface area contributed by atoms with E-state index >= 15 is 0 Å². The fraction of sp³-hybridized carbons (Fsp3) is 0.348. The van der Waals surface area contributed by atoms with Gasteiger partial charge < -0.3 is 14.9 Å². The number of hydrogen-bond donors (Lipinski definition) is 1. The minimum absolute atomic E-state index is 0.143. The van der Waals surface area contributed by atoms with Gasteiger partial charge in [0.25, 0.3) is 5.91 Å². The van der Waals surface area contributed by atoms with Crippen LogP contribution in [0.1, 0.15) is 40.7 Å². The molecule has 2 heterocycles. The average Bonchev–Trinajstić information content (AvgIpc) is 2.94. The Bertz CT molecular complexity index is 927.